The SMILES string of the molecule is CCCNC(CC)c1ccc(SCc2ccccc2)cc1. The molecule has 0 bridgehead atoms. The predicted octanol–water partition coefficient (Wildman–Crippen LogP) is 5.43. The summed E-state index contributed by atoms with van der Waals surface area (Å²) >= 11 is 1.90. The Hall–Kier alpha value is -1.25. The smallest absolute Gasteiger partial charge is 0.0317 e. The number of nitrogens with one attached hydrogen (secondary N) is 1. The maximum Gasteiger partial charge on any atom is 0.0317 e. The maximum absolute atomic E-state index is 3.61. The molecule has 1 nitrogen and oxygen atoms in total. The van der Waals surface area contributed by atoms with Crippen molar-refractivity contribution in [1.82, 2.24) is 5.32 Å². The minimum Gasteiger partial charge on any atom is -0.310 e. The van der Waals surface area contributed by atoms with E-state index in [1.165, 1.54) is 22.4 Å². The molecule has 2 heteroatoms. The number of thioether (sulfide) groups is 1. The van der Waals surface area contributed by atoms with Gasteiger partial charge in [-0.05, 0) is 42.6 Å². The molecule has 1 atom stereocenters. The van der Waals surface area contributed by atoms with Gasteiger partial charge in [-0.3, -0.25) is 0 Å². The standard InChI is InChI=1S/C19H25NS/c1-3-14-20-19(4-2)17-10-12-18(13-11-17)21-15-16-8-6-5-7-9-16/h5-13,19-20H,3-4,14-15H2,1-2H3. The summed E-state index contributed by atoms with van der Waals surface area (Å²) in [6.45, 7) is 5.54. The molecule has 0 saturated heterocycles. The number of benzene rings is 2. The van der Waals surface area contributed by atoms with Crippen LogP contribution in [0.3, 0.4) is 0 Å². The third-order valence-corrected chi connectivity index (χ3v) is 4.66. The van der Waals surface area contributed by atoms with Crippen molar-refractivity contribution >= 4 is 11.8 Å². The van der Waals surface area contributed by atoms with Crippen molar-refractivity contribution in [2.75, 3.05) is 6.54 Å². The van der Waals surface area contributed by atoms with Crippen LogP contribution >= 0.6 is 11.8 Å². The highest BCUT2D eigenvalue weighted by molar-refractivity contribution is 7.98. The van der Waals surface area contributed by atoms with Gasteiger partial charge in [0.05, 0.1) is 0 Å². The van der Waals surface area contributed by atoms with E-state index in [1.807, 2.05) is 11.8 Å². The van der Waals surface area contributed by atoms with Gasteiger partial charge in [-0.1, -0.05) is 56.3 Å². The van der Waals surface area contributed by atoms with E-state index in [-0.39, 0.29) is 0 Å². The molecule has 2 rings (SSSR count). The van der Waals surface area contributed by atoms with Crippen LogP contribution in [-0.4, -0.2) is 6.54 Å². The van der Waals surface area contributed by atoms with Crippen molar-refractivity contribution < 1.29 is 0 Å². The molecule has 1 unspecified atom stereocenters. The van der Waals surface area contributed by atoms with Crippen molar-refractivity contribution in [2.24, 2.45) is 0 Å². The lowest BCUT2D eigenvalue weighted by Gasteiger charge is -2.17. The Morgan fingerprint density at radius 3 is 2.29 bits per heavy atom. The molecule has 0 aliphatic carbocycles. The molecule has 0 fully saturated rings. The Bertz CT molecular complexity index is 507. The summed E-state index contributed by atoms with van der Waals surface area (Å²) in [6, 6.07) is 20.2. The first-order valence-electron chi connectivity index (χ1n) is 7.83. The first-order chi connectivity index (χ1) is 10.3. The Balaban J connectivity index is 1.92. The fourth-order valence-corrected chi connectivity index (χ4v) is 3.21. The van der Waals surface area contributed by atoms with Crippen LogP contribution in [0.5, 0.6) is 0 Å². The predicted molar refractivity (Wildman–Crippen MR) is 93.8 cm³/mol. The van der Waals surface area contributed by atoms with E-state index in [0.29, 0.717) is 6.04 Å². The number of rotatable bonds is 8. The highest BCUT2D eigenvalue weighted by atomic mass is 32.2. The van der Waals surface area contributed by atoms with Crippen molar-refractivity contribution in [1.29, 1.82) is 0 Å². The second-order valence-electron chi connectivity index (χ2n) is 5.26. The molecule has 0 heterocycles. The van der Waals surface area contributed by atoms with E-state index in [0.717, 1.165) is 18.7 Å². The molecular weight excluding hydrogens is 274 g/mol. The van der Waals surface area contributed by atoms with Gasteiger partial charge in [0.1, 0.15) is 0 Å². The molecule has 0 saturated carbocycles. The maximum atomic E-state index is 3.61. The summed E-state index contributed by atoms with van der Waals surface area (Å²) in [4.78, 5) is 1.34. The van der Waals surface area contributed by atoms with Crippen molar-refractivity contribution in [2.45, 2.75) is 43.4 Å². The van der Waals surface area contributed by atoms with E-state index in [1.54, 1.807) is 0 Å². The Kier molecular flexibility index (Phi) is 6.84. The van der Waals surface area contributed by atoms with Crippen LogP contribution < -0.4 is 5.32 Å². The molecule has 0 aliphatic heterocycles. The summed E-state index contributed by atoms with van der Waals surface area (Å²) in [6.07, 6.45) is 2.32. The van der Waals surface area contributed by atoms with Gasteiger partial charge in [0.15, 0.2) is 0 Å². The molecule has 0 aliphatic rings. The molecule has 0 radical (unpaired) electrons. The molecule has 21 heavy (non-hydrogen) atoms. The summed E-state index contributed by atoms with van der Waals surface area (Å²) in [7, 11) is 0. The summed E-state index contributed by atoms with van der Waals surface area (Å²) in [5.74, 6) is 1.03. The lowest BCUT2D eigenvalue weighted by Crippen LogP contribution is -2.21. The van der Waals surface area contributed by atoms with Crippen LogP contribution in [0.15, 0.2) is 59.5 Å². The Morgan fingerprint density at radius 1 is 0.952 bits per heavy atom. The van der Waals surface area contributed by atoms with Crippen LogP contribution in [0.1, 0.15) is 43.9 Å². The average Bonchev–Trinajstić information content (AvgIpc) is 2.56. The third kappa shape index (κ3) is 5.22. The van der Waals surface area contributed by atoms with Gasteiger partial charge in [-0.25, -0.2) is 0 Å². The lowest BCUT2D eigenvalue weighted by atomic mass is 10.0. The molecule has 2 aromatic carbocycles. The van der Waals surface area contributed by atoms with E-state index >= 15 is 0 Å². The van der Waals surface area contributed by atoms with E-state index in [2.05, 4.69) is 73.8 Å². The first kappa shape index (κ1) is 16.1. The first-order valence-corrected chi connectivity index (χ1v) is 8.82. The molecule has 0 aromatic heterocycles. The van der Waals surface area contributed by atoms with E-state index in [4.69, 9.17) is 0 Å². The van der Waals surface area contributed by atoms with Crippen LogP contribution in [-0.2, 0) is 5.75 Å². The minimum atomic E-state index is 0.484. The fourth-order valence-electron chi connectivity index (χ4n) is 2.35. The quantitative estimate of drug-likeness (QED) is 0.652. The lowest BCUT2D eigenvalue weighted by molar-refractivity contribution is 0.518. The normalized spacial score (nSPS) is 12.3. The van der Waals surface area contributed by atoms with Crippen molar-refractivity contribution in [3.8, 4) is 0 Å². The zero-order chi connectivity index (χ0) is 14.9. The van der Waals surface area contributed by atoms with Crippen molar-refractivity contribution in [3.63, 3.8) is 0 Å². The zero-order valence-electron chi connectivity index (χ0n) is 13.0. The molecule has 1 N–H and O–H groups in total. The summed E-state index contributed by atoms with van der Waals surface area (Å²) < 4.78 is 0. The highest BCUT2D eigenvalue weighted by Gasteiger charge is 2.07. The fraction of sp³-hybridized carbons (Fsp3) is 0.368. The number of hydrogen-bond donors (Lipinski definition) is 1. The van der Waals surface area contributed by atoms with Gasteiger partial charge in [-0.2, -0.15) is 0 Å². The van der Waals surface area contributed by atoms with Gasteiger partial charge in [0, 0.05) is 16.7 Å². The molecule has 2 aromatic rings. The van der Waals surface area contributed by atoms with Crippen molar-refractivity contribution in [3.05, 3.63) is 65.7 Å². The average molecular weight is 299 g/mol. The molecule has 0 spiro atoms. The second-order valence-corrected chi connectivity index (χ2v) is 6.31. The molecule has 0 amide bonds. The van der Waals surface area contributed by atoms with Gasteiger partial charge in [0.2, 0.25) is 0 Å². The second kappa shape index (κ2) is 8.91. The number of hydrogen-bond acceptors (Lipinski definition) is 2. The third-order valence-electron chi connectivity index (χ3n) is 3.58. The Labute approximate surface area is 133 Å². The topological polar surface area (TPSA) is 12.0 Å². The van der Waals surface area contributed by atoms with E-state index < -0.39 is 0 Å². The minimum absolute atomic E-state index is 0.484. The van der Waals surface area contributed by atoms with E-state index in [9.17, 15) is 0 Å². The van der Waals surface area contributed by atoms with Crippen LogP contribution in [0, 0.1) is 0 Å². The van der Waals surface area contributed by atoms with Gasteiger partial charge >= 0.3 is 0 Å². The molecular formula is C19H25NS. The van der Waals surface area contributed by atoms with Gasteiger partial charge < -0.3 is 5.32 Å². The van der Waals surface area contributed by atoms with Gasteiger partial charge in [-0.15, -0.1) is 11.8 Å². The molecule has 112 valence electrons. The largest absolute Gasteiger partial charge is 0.310 e. The summed E-state index contributed by atoms with van der Waals surface area (Å²) in [5.41, 5.74) is 2.78. The zero-order valence-corrected chi connectivity index (χ0v) is 13.8. The Morgan fingerprint density at radius 2 is 1.67 bits per heavy atom. The summed E-state index contributed by atoms with van der Waals surface area (Å²) in [5, 5.41) is 3.61. The van der Waals surface area contributed by atoms with Crippen LogP contribution in [0.25, 0.3) is 0 Å². The van der Waals surface area contributed by atoms with Crippen LogP contribution in [0.4, 0.5) is 0 Å². The monoisotopic (exact) mass is 299 g/mol. The van der Waals surface area contributed by atoms with Crippen LogP contribution in [0.2, 0.25) is 0 Å². The van der Waals surface area contributed by atoms with Gasteiger partial charge in [0.25, 0.3) is 0 Å². The highest BCUT2D eigenvalue weighted by Crippen LogP contribution is 2.25.